The maximum absolute atomic E-state index is 5.36. The van der Waals surface area contributed by atoms with E-state index in [9.17, 15) is 0 Å². The van der Waals surface area contributed by atoms with Gasteiger partial charge in [-0.25, -0.2) is 5.90 Å². The summed E-state index contributed by atoms with van der Waals surface area (Å²) in [7, 11) is 0. The number of hydrogen-bond acceptors (Lipinski definition) is 4. The van der Waals surface area contributed by atoms with E-state index in [0.717, 1.165) is 32.7 Å². The standard InChI is InChI=1S/C12H18N2O2/c13-16-8-5-11-3-1-2-4-12(11)14-6-9-15-10-7-14/h1-4H,5-10,13H2. The predicted molar refractivity (Wildman–Crippen MR) is 63.3 cm³/mol. The van der Waals surface area contributed by atoms with Gasteiger partial charge in [0.2, 0.25) is 0 Å². The molecule has 4 nitrogen and oxygen atoms in total. The van der Waals surface area contributed by atoms with E-state index in [1.807, 2.05) is 0 Å². The Morgan fingerprint density at radius 2 is 2.00 bits per heavy atom. The number of morpholine rings is 1. The van der Waals surface area contributed by atoms with Gasteiger partial charge in [-0.2, -0.15) is 0 Å². The first-order chi connectivity index (χ1) is 7.92. The van der Waals surface area contributed by atoms with Crippen molar-refractivity contribution >= 4 is 5.69 Å². The fourth-order valence-electron chi connectivity index (χ4n) is 2.00. The van der Waals surface area contributed by atoms with Crippen LogP contribution in [0.1, 0.15) is 5.56 Å². The van der Waals surface area contributed by atoms with Crippen LogP contribution in [0.3, 0.4) is 0 Å². The van der Waals surface area contributed by atoms with Crippen LogP contribution in [0.25, 0.3) is 0 Å². The van der Waals surface area contributed by atoms with E-state index in [1.165, 1.54) is 11.3 Å². The summed E-state index contributed by atoms with van der Waals surface area (Å²) in [5.74, 6) is 5.07. The van der Waals surface area contributed by atoms with Gasteiger partial charge < -0.3 is 14.5 Å². The average Bonchev–Trinajstić information content (AvgIpc) is 2.38. The van der Waals surface area contributed by atoms with Crippen molar-refractivity contribution in [2.45, 2.75) is 6.42 Å². The van der Waals surface area contributed by atoms with Gasteiger partial charge in [-0.15, -0.1) is 0 Å². The molecular formula is C12H18N2O2. The number of ether oxygens (including phenoxy) is 1. The minimum absolute atomic E-state index is 0.557. The fraction of sp³-hybridized carbons (Fsp3) is 0.500. The number of benzene rings is 1. The van der Waals surface area contributed by atoms with Gasteiger partial charge in [0.15, 0.2) is 0 Å². The highest BCUT2D eigenvalue weighted by atomic mass is 16.6. The molecule has 1 heterocycles. The number of para-hydroxylation sites is 1. The van der Waals surface area contributed by atoms with Gasteiger partial charge in [0.1, 0.15) is 0 Å². The monoisotopic (exact) mass is 222 g/mol. The molecule has 0 radical (unpaired) electrons. The number of anilines is 1. The molecule has 0 amide bonds. The Balaban J connectivity index is 2.11. The summed E-state index contributed by atoms with van der Waals surface area (Å²) in [6.45, 7) is 4.09. The van der Waals surface area contributed by atoms with Crippen molar-refractivity contribution < 1.29 is 9.57 Å². The zero-order valence-corrected chi connectivity index (χ0v) is 9.39. The average molecular weight is 222 g/mol. The molecule has 16 heavy (non-hydrogen) atoms. The van der Waals surface area contributed by atoms with Gasteiger partial charge in [-0.1, -0.05) is 18.2 Å². The highest BCUT2D eigenvalue weighted by Gasteiger charge is 2.13. The maximum atomic E-state index is 5.36. The first-order valence-electron chi connectivity index (χ1n) is 5.64. The summed E-state index contributed by atoms with van der Waals surface area (Å²) in [6.07, 6.45) is 0.851. The Morgan fingerprint density at radius 1 is 1.25 bits per heavy atom. The van der Waals surface area contributed by atoms with Crippen molar-refractivity contribution in [3.8, 4) is 0 Å². The molecule has 2 rings (SSSR count). The molecule has 1 aromatic carbocycles. The Kier molecular flexibility index (Phi) is 4.16. The zero-order chi connectivity index (χ0) is 11.2. The van der Waals surface area contributed by atoms with E-state index in [0.29, 0.717) is 6.61 Å². The number of nitrogens with two attached hydrogens (primary N) is 1. The summed E-state index contributed by atoms with van der Waals surface area (Å²) in [4.78, 5) is 7.00. The van der Waals surface area contributed by atoms with E-state index in [2.05, 4.69) is 34.0 Å². The van der Waals surface area contributed by atoms with Crippen LogP contribution in [0, 0.1) is 0 Å². The molecule has 2 N–H and O–H groups in total. The second-order valence-electron chi connectivity index (χ2n) is 3.85. The van der Waals surface area contributed by atoms with Crippen LogP contribution in [0.5, 0.6) is 0 Å². The van der Waals surface area contributed by atoms with Crippen LogP contribution < -0.4 is 10.8 Å². The second-order valence-corrected chi connectivity index (χ2v) is 3.85. The van der Waals surface area contributed by atoms with Gasteiger partial charge >= 0.3 is 0 Å². The smallest absolute Gasteiger partial charge is 0.0720 e. The first kappa shape index (κ1) is 11.4. The van der Waals surface area contributed by atoms with Crippen LogP contribution in [0.15, 0.2) is 24.3 Å². The number of nitrogens with zero attached hydrogens (tertiary/aromatic N) is 1. The van der Waals surface area contributed by atoms with Gasteiger partial charge in [-0.3, -0.25) is 0 Å². The topological polar surface area (TPSA) is 47.7 Å². The summed E-state index contributed by atoms with van der Waals surface area (Å²) in [5.41, 5.74) is 2.57. The molecule has 0 aromatic heterocycles. The molecule has 88 valence electrons. The molecular weight excluding hydrogens is 204 g/mol. The van der Waals surface area contributed by atoms with Crippen LogP contribution in [-0.2, 0) is 16.0 Å². The summed E-state index contributed by atoms with van der Waals surface area (Å²) < 4.78 is 5.36. The summed E-state index contributed by atoms with van der Waals surface area (Å²) in [6, 6.07) is 8.40. The van der Waals surface area contributed by atoms with E-state index in [1.54, 1.807) is 0 Å². The third-order valence-electron chi connectivity index (χ3n) is 2.83. The lowest BCUT2D eigenvalue weighted by Crippen LogP contribution is -2.36. The predicted octanol–water partition coefficient (Wildman–Crippen LogP) is 0.956. The lowest BCUT2D eigenvalue weighted by atomic mass is 10.1. The van der Waals surface area contributed by atoms with E-state index in [4.69, 9.17) is 10.6 Å². The quantitative estimate of drug-likeness (QED) is 0.771. The molecule has 1 aliphatic rings. The molecule has 4 heteroatoms. The Labute approximate surface area is 95.9 Å². The van der Waals surface area contributed by atoms with Crippen molar-refractivity contribution in [3.63, 3.8) is 0 Å². The SMILES string of the molecule is NOCCc1ccccc1N1CCOCC1. The van der Waals surface area contributed by atoms with Crippen molar-refractivity contribution in [2.24, 2.45) is 5.90 Å². The molecule has 1 fully saturated rings. The van der Waals surface area contributed by atoms with Crippen molar-refractivity contribution in [1.29, 1.82) is 0 Å². The lowest BCUT2D eigenvalue weighted by molar-refractivity contribution is 0.122. The molecule has 0 bridgehead atoms. The van der Waals surface area contributed by atoms with Crippen LogP contribution >= 0.6 is 0 Å². The van der Waals surface area contributed by atoms with Crippen LogP contribution in [0.4, 0.5) is 5.69 Å². The van der Waals surface area contributed by atoms with Gasteiger partial charge in [0.25, 0.3) is 0 Å². The normalized spacial score (nSPS) is 16.4. The third kappa shape index (κ3) is 2.72. The Bertz CT molecular complexity index is 325. The molecule has 0 spiro atoms. The number of rotatable bonds is 4. The fourth-order valence-corrected chi connectivity index (χ4v) is 2.00. The van der Waals surface area contributed by atoms with Gasteiger partial charge in [0.05, 0.1) is 19.8 Å². The first-order valence-corrected chi connectivity index (χ1v) is 5.64. The Hall–Kier alpha value is -1.10. The number of hydrogen-bond donors (Lipinski definition) is 1. The molecule has 1 aromatic rings. The highest BCUT2D eigenvalue weighted by Crippen LogP contribution is 2.21. The minimum Gasteiger partial charge on any atom is -0.378 e. The zero-order valence-electron chi connectivity index (χ0n) is 9.39. The van der Waals surface area contributed by atoms with E-state index < -0.39 is 0 Å². The van der Waals surface area contributed by atoms with Gasteiger partial charge in [0, 0.05) is 18.8 Å². The molecule has 1 aliphatic heterocycles. The summed E-state index contributed by atoms with van der Waals surface area (Å²) >= 11 is 0. The second kappa shape index (κ2) is 5.84. The third-order valence-corrected chi connectivity index (χ3v) is 2.83. The molecule has 1 saturated heterocycles. The van der Waals surface area contributed by atoms with E-state index in [-0.39, 0.29) is 0 Å². The van der Waals surface area contributed by atoms with E-state index >= 15 is 0 Å². The van der Waals surface area contributed by atoms with Gasteiger partial charge in [-0.05, 0) is 18.1 Å². The molecule has 0 unspecified atom stereocenters. The van der Waals surface area contributed by atoms with Crippen LogP contribution in [0.2, 0.25) is 0 Å². The van der Waals surface area contributed by atoms with Crippen molar-refractivity contribution in [1.82, 2.24) is 0 Å². The maximum Gasteiger partial charge on any atom is 0.0720 e. The summed E-state index contributed by atoms with van der Waals surface area (Å²) in [5, 5.41) is 0. The van der Waals surface area contributed by atoms with Crippen molar-refractivity contribution in [3.05, 3.63) is 29.8 Å². The molecule has 0 saturated carbocycles. The Morgan fingerprint density at radius 3 is 2.75 bits per heavy atom. The minimum atomic E-state index is 0.557. The van der Waals surface area contributed by atoms with Crippen molar-refractivity contribution in [2.75, 3.05) is 37.8 Å². The lowest BCUT2D eigenvalue weighted by Gasteiger charge is -2.30. The molecule has 0 atom stereocenters. The van der Waals surface area contributed by atoms with Crippen LogP contribution in [-0.4, -0.2) is 32.9 Å². The molecule has 0 aliphatic carbocycles. The highest BCUT2D eigenvalue weighted by molar-refractivity contribution is 5.54. The largest absolute Gasteiger partial charge is 0.378 e.